The van der Waals surface area contributed by atoms with E-state index in [0.29, 0.717) is 11.7 Å². The van der Waals surface area contributed by atoms with Crippen molar-refractivity contribution in [3.63, 3.8) is 0 Å². The molecule has 8 heavy (non-hydrogen) atoms. The second-order valence-corrected chi connectivity index (χ2v) is 2.99. The van der Waals surface area contributed by atoms with Crippen molar-refractivity contribution >= 4 is 17.7 Å². The molecule has 2 nitrogen and oxygen atoms in total. The summed E-state index contributed by atoms with van der Waals surface area (Å²) in [5.74, 6) is -0.216. The van der Waals surface area contributed by atoms with Crippen molar-refractivity contribution in [2.45, 2.75) is 18.6 Å². The molecule has 2 N–H and O–H groups in total. The van der Waals surface area contributed by atoms with Gasteiger partial charge < -0.3 is 5.73 Å². The molecule has 0 aliphatic rings. The van der Waals surface area contributed by atoms with Crippen LogP contribution in [-0.4, -0.2) is 17.4 Å². The van der Waals surface area contributed by atoms with Gasteiger partial charge >= 0.3 is 0 Å². The van der Waals surface area contributed by atoms with E-state index in [0.717, 1.165) is 0 Å². The van der Waals surface area contributed by atoms with E-state index in [2.05, 4.69) is 0 Å². The molecule has 0 aromatic carbocycles. The van der Waals surface area contributed by atoms with Gasteiger partial charge in [-0.25, -0.2) is 0 Å². The summed E-state index contributed by atoms with van der Waals surface area (Å²) in [6, 6.07) is 0. The lowest BCUT2D eigenvalue weighted by molar-refractivity contribution is -0.117. The first kappa shape index (κ1) is 7.82. The maximum absolute atomic E-state index is 10.2. The second-order valence-electron chi connectivity index (χ2n) is 1.72. The third kappa shape index (κ3) is 3.99. The molecule has 0 saturated carbocycles. The van der Waals surface area contributed by atoms with Crippen LogP contribution in [0.3, 0.4) is 0 Å². The highest BCUT2D eigenvalue weighted by Gasteiger charge is 2.01. The zero-order chi connectivity index (χ0) is 6.57. The maximum Gasteiger partial charge on any atom is 0.218 e. The summed E-state index contributed by atoms with van der Waals surface area (Å²) < 4.78 is 0. The molecule has 0 rings (SSSR count). The van der Waals surface area contributed by atoms with E-state index >= 15 is 0 Å². The van der Waals surface area contributed by atoms with Gasteiger partial charge in [-0.15, -0.1) is 0 Å². The van der Waals surface area contributed by atoms with Crippen LogP contribution in [0.4, 0.5) is 0 Å². The van der Waals surface area contributed by atoms with Crippen molar-refractivity contribution < 1.29 is 4.79 Å². The van der Waals surface area contributed by atoms with Gasteiger partial charge in [0.1, 0.15) is 0 Å². The van der Waals surface area contributed by atoms with E-state index in [1.807, 2.05) is 13.2 Å². The normalized spacial score (nSPS) is 13.2. The molecule has 1 amide bonds. The Labute approximate surface area is 53.8 Å². The van der Waals surface area contributed by atoms with Crippen LogP contribution in [0.2, 0.25) is 0 Å². The van der Waals surface area contributed by atoms with E-state index in [-0.39, 0.29) is 5.91 Å². The smallest absolute Gasteiger partial charge is 0.218 e. The molecule has 1 unspecified atom stereocenters. The highest BCUT2D eigenvalue weighted by atomic mass is 32.2. The predicted molar refractivity (Wildman–Crippen MR) is 36.8 cm³/mol. The Hall–Kier alpha value is -0.180. The van der Waals surface area contributed by atoms with Crippen molar-refractivity contribution in [3.8, 4) is 0 Å². The molecule has 0 bridgehead atoms. The van der Waals surface area contributed by atoms with Crippen molar-refractivity contribution in [2.75, 3.05) is 6.26 Å². The molecular weight excluding hydrogens is 122 g/mol. The molecule has 0 aromatic heterocycles. The van der Waals surface area contributed by atoms with Crippen molar-refractivity contribution in [1.82, 2.24) is 0 Å². The molecule has 0 aromatic rings. The van der Waals surface area contributed by atoms with Crippen LogP contribution in [0.15, 0.2) is 0 Å². The number of rotatable bonds is 3. The Balaban J connectivity index is 3.24. The van der Waals surface area contributed by atoms with E-state index in [1.165, 1.54) is 0 Å². The first-order valence-corrected chi connectivity index (χ1v) is 3.76. The second kappa shape index (κ2) is 3.78. The van der Waals surface area contributed by atoms with Gasteiger partial charge in [-0.3, -0.25) is 4.79 Å². The lowest BCUT2D eigenvalue weighted by atomic mass is 10.3. The van der Waals surface area contributed by atoms with E-state index in [4.69, 9.17) is 5.73 Å². The summed E-state index contributed by atoms with van der Waals surface area (Å²) in [5, 5.41) is 0.368. The summed E-state index contributed by atoms with van der Waals surface area (Å²) in [7, 11) is 0. The fraction of sp³-hybridized carbons (Fsp3) is 0.800. The lowest BCUT2D eigenvalue weighted by Crippen LogP contribution is -2.15. The highest BCUT2D eigenvalue weighted by Crippen LogP contribution is 2.07. The van der Waals surface area contributed by atoms with Gasteiger partial charge in [0.15, 0.2) is 0 Å². The number of hydrogen-bond acceptors (Lipinski definition) is 2. The number of carbonyl (C=O) groups is 1. The molecule has 0 saturated heterocycles. The minimum atomic E-state index is -0.216. The van der Waals surface area contributed by atoms with Crippen LogP contribution < -0.4 is 5.73 Å². The predicted octanol–water partition coefficient (Wildman–Crippen LogP) is 0.613. The third-order valence-electron chi connectivity index (χ3n) is 0.891. The minimum absolute atomic E-state index is 0.216. The molecule has 0 aliphatic carbocycles. The molecule has 1 atom stereocenters. The zero-order valence-corrected chi connectivity index (χ0v) is 5.99. The highest BCUT2D eigenvalue weighted by molar-refractivity contribution is 7.99. The monoisotopic (exact) mass is 133 g/mol. The fourth-order valence-electron chi connectivity index (χ4n) is 0.367. The fourth-order valence-corrected chi connectivity index (χ4v) is 0.698. The standard InChI is InChI=1S/C5H11NOS/c1-4(8-2)3-5(6)7/h4H,3H2,1-2H3,(H2,6,7). The van der Waals surface area contributed by atoms with Crippen LogP contribution in [0.1, 0.15) is 13.3 Å². The Morgan fingerprint density at radius 1 is 1.88 bits per heavy atom. The van der Waals surface area contributed by atoms with Crippen LogP contribution >= 0.6 is 11.8 Å². The summed E-state index contributed by atoms with van der Waals surface area (Å²) in [6.07, 6.45) is 2.45. The van der Waals surface area contributed by atoms with Gasteiger partial charge in [-0.05, 0) is 6.26 Å². The molecule has 0 spiro atoms. The van der Waals surface area contributed by atoms with E-state index in [1.54, 1.807) is 11.8 Å². The quantitative estimate of drug-likeness (QED) is 0.613. The summed E-state index contributed by atoms with van der Waals surface area (Å²) in [6.45, 7) is 1.98. The van der Waals surface area contributed by atoms with E-state index < -0.39 is 0 Å². The van der Waals surface area contributed by atoms with Crippen molar-refractivity contribution in [3.05, 3.63) is 0 Å². The van der Waals surface area contributed by atoms with Gasteiger partial charge in [0.2, 0.25) is 5.91 Å². The molecule has 48 valence electrons. The zero-order valence-electron chi connectivity index (χ0n) is 5.18. The Morgan fingerprint density at radius 2 is 2.38 bits per heavy atom. The maximum atomic E-state index is 10.2. The van der Waals surface area contributed by atoms with Gasteiger partial charge in [0.25, 0.3) is 0 Å². The largest absolute Gasteiger partial charge is 0.370 e. The van der Waals surface area contributed by atoms with Crippen LogP contribution in [0, 0.1) is 0 Å². The minimum Gasteiger partial charge on any atom is -0.370 e. The first-order valence-electron chi connectivity index (χ1n) is 2.48. The van der Waals surface area contributed by atoms with Crippen LogP contribution in [0.25, 0.3) is 0 Å². The summed E-state index contributed by atoms with van der Waals surface area (Å²) >= 11 is 1.65. The number of carbonyl (C=O) groups excluding carboxylic acids is 1. The molecule has 0 radical (unpaired) electrons. The molecular formula is C5H11NOS. The van der Waals surface area contributed by atoms with Gasteiger partial charge in [-0.1, -0.05) is 6.92 Å². The van der Waals surface area contributed by atoms with Crippen molar-refractivity contribution in [1.29, 1.82) is 0 Å². The van der Waals surface area contributed by atoms with E-state index in [9.17, 15) is 4.79 Å². The summed E-state index contributed by atoms with van der Waals surface area (Å²) in [5.41, 5.74) is 4.92. The average Bonchev–Trinajstić information content (AvgIpc) is 1.65. The number of thioether (sulfide) groups is 1. The molecule has 0 aliphatic heterocycles. The lowest BCUT2D eigenvalue weighted by Gasteiger charge is -2.01. The molecule has 3 heteroatoms. The molecule has 0 heterocycles. The number of amides is 1. The van der Waals surface area contributed by atoms with Crippen LogP contribution in [-0.2, 0) is 4.79 Å². The first-order chi connectivity index (χ1) is 3.66. The number of nitrogens with two attached hydrogens (primary N) is 1. The van der Waals surface area contributed by atoms with Crippen molar-refractivity contribution in [2.24, 2.45) is 5.73 Å². The van der Waals surface area contributed by atoms with Gasteiger partial charge in [0.05, 0.1) is 0 Å². The average molecular weight is 133 g/mol. The topological polar surface area (TPSA) is 43.1 Å². The number of primary amides is 1. The Morgan fingerprint density at radius 3 is 2.50 bits per heavy atom. The van der Waals surface area contributed by atoms with Crippen LogP contribution in [0.5, 0.6) is 0 Å². The number of hydrogen-bond donors (Lipinski definition) is 1. The molecule has 0 fully saturated rings. The third-order valence-corrected chi connectivity index (χ3v) is 1.86. The SMILES string of the molecule is CSC(C)CC(N)=O. The Kier molecular flexibility index (Phi) is 3.69. The van der Waals surface area contributed by atoms with Gasteiger partial charge in [0, 0.05) is 11.7 Å². The summed E-state index contributed by atoms with van der Waals surface area (Å²) in [4.78, 5) is 10.2. The Bertz CT molecular complexity index is 84.5. The van der Waals surface area contributed by atoms with Gasteiger partial charge in [-0.2, -0.15) is 11.8 Å².